The number of phenolic OH excluding ortho intramolecular Hbond substituents is 1. The molecule has 4 rings (SSSR count). The lowest BCUT2D eigenvalue weighted by Gasteiger charge is -2.25. The summed E-state index contributed by atoms with van der Waals surface area (Å²) in [7, 11) is 0. The van der Waals surface area contributed by atoms with E-state index in [-0.39, 0.29) is 17.2 Å². The van der Waals surface area contributed by atoms with Crippen molar-refractivity contribution in [1.29, 1.82) is 0 Å². The van der Waals surface area contributed by atoms with Crippen LogP contribution < -0.4 is 5.32 Å². The van der Waals surface area contributed by atoms with Gasteiger partial charge in [-0.15, -0.1) is 0 Å². The minimum absolute atomic E-state index is 0.0325. The molecule has 0 aliphatic rings. The summed E-state index contributed by atoms with van der Waals surface area (Å²) >= 11 is 6.02. The van der Waals surface area contributed by atoms with Crippen molar-refractivity contribution in [2.75, 3.05) is 6.54 Å². The summed E-state index contributed by atoms with van der Waals surface area (Å²) in [5.74, 6) is 0.889. The van der Waals surface area contributed by atoms with Gasteiger partial charge in [0, 0.05) is 53.4 Å². The fourth-order valence-electron chi connectivity index (χ4n) is 3.51. The van der Waals surface area contributed by atoms with E-state index in [4.69, 9.17) is 16.6 Å². The van der Waals surface area contributed by atoms with Crippen LogP contribution in [0.3, 0.4) is 0 Å². The number of phenols is 1. The molecule has 1 unspecified atom stereocenters. The number of H-pyrrole nitrogens is 2. The number of rotatable bonds is 7. The molecule has 3 aromatic heterocycles. The normalized spacial score (nSPS) is 12.8. The summed E-state index contributed by atoms with van der Waals surface area (Å²) in [5.41, 5.74) is 4.28. The second-order valence-electron chi connectivity index (χ2n) is 8.32. The van der Waals surface area contributed by atoms with Crippen LogP contribution in [0.2, 0.25) is 5.02 Å². The van der Waals surface area contributed by atoms with Gasteiger partial charge in [-0.25, -0.2) is 4.98 Å². The van der Waals surface area contributed by atoms with Crippen LogP contribution in [-0.4, -0.2) is 31.6 Å². The molecule has 160 valence electrons. The molecule has 0 spiro atoms. The minimum Gasteiger partial charge on any atom is -0.506 e. The SMILES string of the molecule is CC(NCC(C)(C)c1nc(-c2ccc(Cl)c(O)c2)c(-c2ccncc2)[nH]1)c1ccc[nH]1. The molecule has 0 bridgehead atoms. The maximum absolute atomic E-state index is 10.1. The first-order valence-corrected chi connectivity index (χ1v) is 10.6. The van der Waals surface area contributed by atoms with Gasteiger partial charge in [-0.2, -0.15) is 0 Å². The van der Waals surface area contributed by atoms with Crippen molar-refractivity contribution in [3.05, 3.63) is 77.6 Å². The Hall–Kier alpha value is -3.09. The first-order valence-electron chi connectivity index (χ1n) is 10.2. The number of hydrogen-bond donors (Lipinski definition) is 4. The third-order valence-electron chi connectivity index (χ3n) is 5.47. The van der Waals surface area contributed by atoms with E-state index in [1.54, 1.807) is 24.5 Å². The van der Waals surface area contributed by atoms with Crippen LogP contribution in [0, 0.1) is 0 Å². The lowest BCUT2D eigenvalue weighted by molar-refractivity contribution is 0.416. The predicted molar refractivity (Wildman–Crippen MR) is 124 cm³/mol. The van der Waals surface area contributed by atoms with Crippen LogP contribution in [0.4, 0.5) is 0 Å². The average molecular weight is 436 g/mol. The lowest BCUT2D eigenvalue weighted by Crippen LogP contribution is -2.35. The van der Waals surface area contributed by atoms with Crippen molar-refractivity contribution in [2.45, 2.75) is 32.2 Å². The number of aromatic amines is 2. The molecule has 0 fully saturated rings. The Morgan fingerprint density at radius 3 is 2.58 bits per heavy atom. The molecule has 31 heavy (non-hydrogen) atoms. The highest BCUT2D eigenvalue weighted by Crippen LogP contribution is 2.36. The monoisotopic (exact) mass is 435 g/mol. The highest BCUT2D eigenvalue weighted by atomic mass is 35.5. The Bertz CT molecular complexity index is 1150. The van der Waals surface area contributed by atoms with Gasteiger partial charge in [0.1, 0.15) is 11.6 Å². The van der Waals surface area contributed by atoms with Gasteiger partial charge in [-0.05, 0) is 43.3 Å². The fraction of sp³-hybridized carbons (Fsp3) is 0.250. The molecule has 0 radical (unpaired) electrons. The van der Waals surface area contributed by atoms with E-state index in [2.05, 4.69) is 47.1 Å². The van der Waals surface area contributed by atoms with Crippen LogP contribution >= 0.6 is 11.6 Å². The summed E-state index contributed by atoms with van der Waals surface area (Å²) in [5, 5.41) is 14.0. The Morgan fingerprint density at radius 2 is 1.90 bits per heavy atom. The van der Waals surface area contributed by atoms with E-state index in [0.717, 1.165) is 40.6 Å². The topological polar surface area (TPSA) is 89.6 Å². The van der Waals surface area contributed by atoms with Gasteiger partial charge in [-0.1, -0.05) is 31.5 Å². The summed E-state index contributed by atoms with van der Waals surface area (Å²) in [6.45, 7) is 7.16. The Kier molecular flexibility index (Phi) is 5.85. The molecule has 0 amide bonds. The van der Waals surface area contributed by atoms with E-state index in [1.165, 1.54) is 0 Å². The summed E-state index contributed by atoms with van der Waals surface area (Å²) in [6, 6.07) is 13.3. The maximum atomic E-state index is 10.1. The van der Waals surface area contributed by atoms with Crippen LogP contribution in [0.15, 0.2) is 61.1 Å². The standard InChI is InChI=1S/C24H26ClN5O/c1-15(19-5-4-10-27-19)28-14-24(2,3)23-29-21(16-8-11-26-12-9-16)22(30-23)17-6-7-18(25)20(31)13-17/h4-13,15,27-28,31H,14H2,1-3H3,(H,29,30). The molecular formula is C24H26ClN5O. The molecule has 6 nitrogen and oxygen atoms in total. The van der Waals surface area contributed by atoms with Crippen molar-refractivity contribution in [3.63, 3.8) is 0 Å². The molecule has 0 aliphatic carbocycles. The summed E-state index contributed by atoms with van der Waals surface area (Å²) in [4.78, 5) is 15.9. The van der Waals surface area contributed by atoms with E-state index < -0.39 is 0 Å². The average Bonchev–Trinajstić information content (AvgIpc) is 3.45. The Morgan fingerprint density at radius 1 is 1.13 bits per heavy atom. The fourth-order valence-corrected chi connectivity index (χ4v) is 3.62. The van der Waals surface area contributed by atoms with E-state index >= 15 is 0 Å². The van der Waals surface area contributed by atoms with Crippen LogP contribution in [0.1, 0.15) is 38.3 Å². The van der Waals surface area contributed by atoms with Gasteiger partial charge in [0.05, 0.1) is 16.4 Å². The third-order valence-corrected chi connectivity index (χ3v) is 5.79. The van der Waals surface area contributed by atoms with Gasteiger partial charge in [0.15, 0.2) is 0 Å². The second-order valence-corrected chi connectivity index (χ2v) is 8.73. The Balaban J connectivity index is 1.69. The van der Waals surface area contributed by atoms with Gasteiger partial charge < -0.3 is 20.4 Å². The van der Waals surface area contributed by atoms with Crippen LogP contribution in [0.5, 0.6) is 5.75 Å². The van der Waals surface area contributed by atoms with Gasteiger partial charge in [0.2, 0.25) is 0 Å². The zero-order valence-corrected chi connectivity index (χ0v) is 18.5. The number of halogens is 1. The van der Waals surface area contributed by atoms with E-state index in [9.17, 15) is 5.11 Å². The molecule has 0 saturated heterocycles. The van der Waals surface area contributed by atoms with Crippen molar-refractivity contribution >= 4 is 11.6 Å². The van der Waals surface area contributed by atoms with Crippen LogP contribution in [-0.2, 0) is 5.41 Å². The number of pyridine rings is 1. The molecule has 0 saturated carbocycles. The van der Waals surface area contributed by atoms with Crippen molar-refractivity contribution in [2.24, 2.45) is 0 Å². The number of aromatic hydroxyl groups is 1. The molecule has 7 heteroatoms. The number of nitrogens with one attached hydrogen (secondary N) is 3. The largest absolute Gasteiger partial charge is 0.506 e. The number of hydrogen-bond acceptors (Lipinski definition) is 4. The highest BCUT2D eigenvalue weighted by molar-refractivity contribution is 6.32. The van der Waals surface area contributed by atoms with Crippen molar-refractivity contribution in [3.8, 4) is 28.3 Å². The molecule has 0 aliphatic heterocycles. The number of benzene rings is 1. The second kappa shape index (κ2) is 8.57. The summed E-state index contributed by atoms with van der Waals surface area (Å²) in [6.07, 6.45) is 5.44. The molecule has 4 N–H and O–H groups in total. The molecule has 1 atom stereocenters. The first kappa shape index (κ1) is 21.2. The maximum Gasteiger partial charge on any atom is 0.134 e. The van der Waals surface area contributed by atoms with Gasteiger partial charge in [0.25, 0.3) is 0 Å². The smallest absolute Gasteiger partial charge is 0.134 e. The van der Waals surface area contributed by atoms with Crippen molar-refractivity contribution < 1.29 is 5.11 Å². The summed E-state index contributed by atoms with van der Waals surface area (Å²) < 4.78 is 0. The van der Waals surface area contributed by atoms with E-state index in [0.29, 0.717) is 5.02 Å². The zero-order chi connectivity index (χ0) is 22.0. The van der Waals surface area contributed by atoms with Gasteiger partial charge in [-0.3, -0.25) is 4.98 Å². The zero-order valence-electron chi connectivity index (χ0n) is 17.8. The number of imidazole rings is 1. The molecule has 4 aromatic rings. The van der Waals surface area contributed by atoms with Crippen LogP contribution in [0.25, 0.3) is 22.5 Å². The lowest BCUT2D eigenvalue weighted by atomic mass is 9.92. The third kappa shape index (κ3) is 4.50. The number of nitrogens with zero attached hydrogens (tertiary/aromatic N) is 2. The van der Waals surface area contributed by atoms with Gasteiger partial charge >= 0.3 is 0 Å². The highest BCUT2D eigenvalue weighted by Gasteiger charge is 2.28. The molecular weight excluding hydrogens is 410 g/mol. The Labute approximate surface area is 186 Å². The first-order chi connectivity index (χ1) is 14.8. The quantitative estimate of drug-likeness (QED) is 0.310. The predicted octanol–water partition coefficient (Wildman–Crippen LogP) is 5.45. The molecule has 3 heterocycles. The molecule has 1 aromatic carbocycles. The minimum atomic E-state index is -0.268. The number of aromatic nitrogens is 4. The van der Waals surface area contributed by atoms with Crippen molar-refractivity contribution in [1.82, 2.24) is 25.3 Å². The van der Waals surface area contributed by atoms with E-state index in [1.807, 2.05) is 30.5 Å².